The molecule has 3 aromatic rings. The Balaban J connectivity index is 1.96. The Labute approximate surface area is 155 Å². The van der Waals surface area contributed by atoms with Gasteiger partial charge in [-0.1, -0.05) is 6.07 Å². The van der Waals surface area contributed by atoms with Crippen molar-refractivity contribution in [2.45, 2.75) is 19.9 Å². The third kappa shape index (κ3) is 2.57. The molecule has 0 spiro atoms. The fourth-order valence-electron chi connectivity index (χ4n) is 3.50. The Morgan fingerprint density at radius 1 is 1.31 bits per heavy atom. The molecule has 0 amide bonds. The molecule has 0 aliphatic carbocycles. The van der Waals surface area contributed by atoms with Crippen molar-refractivity contribution in [1.29, 1.82) is 0 Å². The third-order valence-electron chi connectivity index (χ3n) is 4.63. The van der Waals surface area contributed by atoms with Gasteiger partial charge in [-0.25, -0.2) is 4.79 Å². The average Bonchev–Trinajstić information content (AvgIpc) is 3.28. The number of aromatic hydroxyl groups is 1. The number of rotatable bonds is 4. The summed E-state index contributed by atoms with van der Waals surface area (Å²) < 4.78 is 12.5. The number of benzene rings is 1. The molecule has 26 heavy (non-hydrogen) atoms. The van der Waals surface area contributed by atoms with Crippen molar-refractivity contribution in [2.75, 3.05) is 13.7 Å². The van der Waals surface area contributed by atoms with Gasteiger partial charge in [-0.15, -0.1) is 11.3 Å². The molecule has 0 saturated heterocycles. The van der Waals surface area contributed by atoms with Crippen molar-refractivity contribution in [3.8, 4) is 33.2 Å². The van der Waals surface area contributed by atoms with E-state index in [1.165, 1.54) is 0 Å². The molecular weight excluding hydrogens is 350 g/mol. The van der Waals surface area contributed by atoms with Crippen LogP contribution in [-0.4, -0.2) is 29.4 Å². The van der Waals surface area contributed by atoms with E-state index in [-0.39, 0.29) is 11.7 Å². The molecule has 0 atom stereocenters. The monoisotopic (exact) mass is 369 g/mol. The van der Waals surface area contributed by atoms with Crippen LogP contribution < -0.4 is 4.74 Å². The van der Waals surface area contributed by atoms with Crippen LogP contribution in [-0.2, 0) is 17.7 Å². The summed E-state index contributed by atoms with van der Waals surface area (Å²) in [6, 6.07) is 9.53. The molecule has 6 heteroatoms. The Morgan fingerprint density at radius 3 is 2.85 bits per heavy atom. The van der Waals surface area contributed by atoms with Crippen molar-refractivity contribution in [1.82, 2.24) is 4.57 Å². The van der Waals surface area contributed by atoms with Crippen LogP contribution in [0.15, 0.2) is 35.7 Å². The number of hydrogen-bond acceptors (Lipinski definition) is 5. The van der Waals surface area contributed by atoms with Gasteiger partial charge < -0.3 is 19.1 Å². The van der Waals surface area contributed by atoms with Crippen molar-refractivity contribution in [3.63, 3.8) is 0 Å². The smallest absolute Gasteiger partial charge is 0.354 e. The van der Waals surface area contributed by atoms with Gasteiger partial charge in [-0.2, -0.15) is 0 Å². The van der Waals surface area contributed by atoms with Crippen LogP contribution in [0.4, 0.5) is 0 Å². The molecule has 4 rings (SSSR count). The number of ether oxygens (including phenoxy) is 2. The highest BCUT2D eigenvalue weighted by molar-refractivity contribution is 7.13. The number of aromatic nitrogens is 1. The number of fused-ring (bicyclic) bond motifs is 3. The molecule has 0 fully saturated rings. The van der Waals surface area contributed by atoms with Crippen molar-refractivity contribution >= 4 is 17.3 Å². The van der Waals surface area contributed by atoms with Crippen LogP contribution >= 0.6 is 11.3 Å². The SMILES string of the molecule is CCOC(=O)c1cc(-c2cccs2)c2n1CCc1cc(OC)c(O)cc1-2. The lowest BCUT2D eigenvalue weighted by Crippen LogP contribution is -2.17. The number of phenolic OH excluding ortho intramolecular Hbond substituents is 1. The quantitative estimate of drug-likeness (QED) is 0.696. The second-order valence-electron chi connectivity index (χ2n) is 6.07. The van der Waals surface area contributed by atoms with Crippen LogP contribution in [0.1, 0.15) is 23.0 Å². The lowest BCUT2D eigenvalue weighted by Gasteiger charge is -2.23. The Hall–Kier alpha value is -2.73. The summed E-state index contributed by atoms with van der Waals surface area (Å²) in [5.74, 6) is 0.237. The highest BCUT2D eigenvalue weighted by Crippen LogP contribution is 2.44. The molecule has 134 valence electrons. The molecule has 0 bridgehead atoms. The number of methoxy groups -OCH3 is 1. The zero-order valence-corrected chi connectivity index (χ0v) is 15.4. The minimum atomic E-state index is -0.322. The molecule has 0 saturated carbocycles. The van der Waals surface area contributed by atoms with Crippen molar-refractivity contribution in [3.05, 3.63) is 47.0 Å². The summed E-state index contributed by atoms with van der Waals surface area (Å²) in [6.45, 7) is 2.82. The molecular formula is C20H19NO4S. The first kappa shape index (κ1) is 16.7. The zero-order valence-electron chi connectivity index (χ0n) is 14.6. The van der Waals surface area contributed by atoms with E-state index in [1.807, 2.05) is 34.2 Å². The van der Waals surface area contributed by atoms with Crippen LogP contribution in [0.3, 0.4) is 0 Å². The van der Waals surface area contributed by atoms with E-state index in [4.69, 9.17) is 9.47 Å². The standard InChI is InChI=1S/C20H19NO4S/c1-3-25-20(23)15-10-14(18-5-4-8-26-18)19-13-11-16(22)17(24-2)9-12(13)6-7-21(15)19/h4-5,8-11,22H,3,6-7H2,1-2H3. The van der Waals surface area contributed by atoms with E-state index >= 15 is 0 Å². The lowest BCUT2D eigenvalue weighted by atomic mass is 9.95. The number of carbonyl (C=O) groups excluding carboxylic acids is 1. The maximum absolute atomic E-state index is 12.5. The van der Waals surface area contributed by atoms with Gasteiger partial charge in [0.2, 0.25) is 0 Å². The first-order chi connectivity index (χ1) is 12.6. The van der Waals surface area contributed by atoms with Gasteiger partial charge in [0.05, 0.1) is 19.4 Å². The van der Waals surface area contributed by atoms with Gasteiger partial charge in [-0.05, 0) is 48.6 Å². The lowest BCUT2D eigenvalue weighted by molar-refractivity contribution is 0.0514. The second kappa shape index (κ2) is 6.53. The minimum absolute atomic E-state index is 0.0933. The zero-order chi connectivity index (χ0) is 18.3. The summed E-state index contributed by atoms with van der Waals surface area (Å²) >= 11 is 1.62. The summed E-state index contributed by atoms with van der Waals surface area (Å²) in [5, 5.41) is 12.3. The topological polar surface area (TPSA) is 60.7 Å². The number of aryl methyl sites for hydroxylation is 1. The van der Waals surface area contributed by atoms with Gasteiger partial charge in [0.15, 0.2) is 11.5 Å². The molecule has 1 aliphatic rings. The van der Waals surface area contributed by atoms with Crippen LogP contribution in [0.5, 0.6) is 11.5 Å². The largest absolute Gasteiger partial charge is 0.504 e. The normalized spacial score (nSPS) is 12.4. The molecule has 1 aliphatic heterocycles. The van der Waals surface area contributed by atoms with Crippen LogP contribution in [0, 0.1) is 0 Å². The molecule has 3 heterocycles. The van der Waals surface area contributed by atoms with Gasteiger partial charge in [-0.3, -0.25) is 0 Å². The minimum Gasteiger partial charge on any atom is -0.504 e. The molecule has 1 aromatic carbocycles. The Kier molecular flexibility index (Phi) is 4.20. The Bertz CT molecular complexity index is 972. The molecule has 5 nitrogen and oxygen atoms in total. The maximum Gasteiger partial charge on any atom is 0.354 e. The summed E-state index contributed by atoms with van der Waals surface area (Å²) in [5.41, 5.74) is 4.49. The fourth-order valence-corrected chi connectivity index (χ4v) is 4.24. The predicted molar refractivity (Wildman–Crippen MR) is 101 cm³/mol. The first-order valence-electron chi connectivity index (χ1n) is 8.48. The van der Waals surface area contributed by atoms with Gasteiger partial charge >= 0.3 is 5.97 Å². The molecule has 0 radical (unpaired) electrons. The van der Waals surface area contributed by atoms with E-state index in [0.717, 1.165) is 33.7 Å². The average molecular weight is 369 g/mol. The van der Waals surface area contributed by atoms with Crippen LogP contribution in [0.25, 0.3) is 21.7 Å². The van der Waals surface area contributed by atoms with Gasteiger partial charge in [0.1, 0.15) is 5.69 Å². The van der Waals surface area contributed by atoms with E-state index in [0.29, 0.717) is 24.6 Å². The third-order valence-corrected chi connectivity index (χ3v) is 5.54. The number of esters is 1. The van der Waals surface area contributed by atoms with E-state index in [9.17, 15) is 9.90 Å². The molecule has 0 unspecified atom stereocenters. The molecule has 1 N–H and O–H groups in total. The molecule has 2 aromatic heterocycles. The predicted octanol–water partition coefficient (Wildman–Crippen LogP) is 4.33. The summed E-state index contributed by atoms with van der Waals surface area (Å²) in [4.78, 5) is 13.5. The van der Waals surface area contributed by atoms with E-state index < -0.39 is 0 Å². The van der Waals surface area contributed by atoms with E-state index in [1.54, 1.807) is 31.4 Å². The van der Waals surface area contributed by atoms with Crippen molar-refractivity contribution < 1.29 is 19.4 Å². The number of thiophene rings is 1. The number of nitrogens with zero attached hydrogens (tertiary/aromatic N) is 1. The van der Waals surface area contributed by atoms with Crippen molar-refractivity contribution in [2.24, 2.45) is 0 Å². The van der Waals surface area contributed by atoms with Gasteiger partial charge in [0.25, 0.3) is 0 Å². The highest BCUT2D eigenvalue weighted by Gasteiger charge is 2.28. The second-order valence-corrected chi connectivity index (χ2v) is 7.02. The first-order valence-corrected chi connectivity index (χ1v) is 9.36. The summed E-state index contributed by atoms with van der Waals surface area (Å²) in [7, 11) is 1.54. The number of hydrogen-bond donors (Lipinski definition) is 1. The summed E-state index contributed by atoms with van der Waals surface area (Å²) in [6.07, 6.45) is 0.754. The Morgan fingerprint density at radius 2 is 2.15 bits per heavy atom. The van der Waals surface area contributed by atoms with Gasteiger partial charge in [0, 0.05) is 22.5 Å². The van der Waals surface area contributed by atoms with E-state index in [2.05, 4.69) is 0 Å². The number of carbonyl (C=O) groups is 1. The fraction of sp³-hybridized carbons (Fsp3) is 0.250. The van der Waals surface area contributed by atoms with Crippen LogP contribution in [0.2, 0.25) is 0 Å². The highest BCUT2D eigenvalue weighted by atomic mass is 32.1. The maximum atomic E-state index is 12.5. The number of phenols is 1.